The molecule has 1 heterocycles. The van der Waals surface area contributed by atoms with Crippen LogP contribution in [0.25, 0.3) is 0 Å². The first-order valence-electron chi connectivity index (χ1n) is 9.89. The second kappa shape index (κ2) is 9.30. The van der Waals surface area contributed by atoms with Crippen molar-refractivity contribution in [1.29, 1.82) is 0 Å². The maximum atomic E-state index is 12.9. The number of nitrogens with one attached hydrogen (secondary N) is 2. The molecule has 158 valence electrons. The van der Waals surface area contributed by atoms with Gasteiger partial charge in [0.05, 0.1) is 18.0 Å². The van der Waals surface area contributed by atoms with Gasteiger partial charge in [-0.25, -0.2) is 4.79 Å². The van der Waals surface area contributed by atoms with E-state index in [4.69, 9.17) is 4.74 Å². The summed E-state index contributed by atoms with van der Waals surface area (Å²) in [6.07, 6.45) is 0. The molecule has 4 amide bonds. The monoisotopic (exact) mass is 410 g/mol. The van der Waals surface area contributed by atoms with E-state index < -0.39 is 6.03 Å². The van der Waals surface area contributed by atoms with E-state index in [2.05, 4.69) is 10.6 Å². The number of nitrogens with zero attached hydrogens (tertiary/aromatic N) is 2. The maximum absolute atomic E-state index is 12.9. The second-order valence-electron chi connectivity index (χ2n) is 7.16. The van der Waals surface area contributed by atoms with Crippen molar-refractivity contribution in [2.45, 2.75) is 26.8 Å². The molecule has 0 bridgehead atoms. The molecule has 0 atom stereocenters. The van der Waals surface area contributed by atoms with E-state index in [0.717, 1.165) is 0 Å². The fourth-order valence-electron chi connectivity index (χ4n) is 3.22. The molecule has 1 aliphatic rings. The van der Waals surface area contributed by atoms with Gasteiger partial charge in [-0.2, -0.15) is 0 Å². The molecule has 1 aliphatic heterocycles. The summed E-state index contributed by atoms with van der Waals surface area (Å²) < 4.78 is 5.40. The van der Waals surface area contributed by atoms with E-state index in [1.165, 1.54) is 9.80 Å². The SMILES string of the molecule is CCOc1ccc(NC(=O)N2CC(=O)N(CC(=O)NC(C)C)c3ccccc32)cc1. The van der Waals surface area contributed by atoms with Crippen molar-refractivity contribution in [2.75, 3.05) is 34.8 Å². The van der Waals surface area contributed by atoms with Crippen molar-refractivity contribution >= 4 is 34.9 Å². The predicted molar refractivity (Wildman–Crippen MR) is 116 cm³/mol. The molecule has 0 aromatic heterocycles. The highest BCUT2D eigenvalue weighted by atomic mass is 16.5. The second-order valence-corrected chi connectivity index (χ2v) is 7.16. The van der Waals surface area contributed by atoms with Crippen LogP contribution in [0.15, 0.2) is 48.5 Å². The molecular weight excluding hydrogens is 384 g/mol. The fraction of sp³-hybridized carbons (Fsp3) is 0.318. The lowest BCUT2D eigenvalue weighted by molar-refractivity contribution is -0.123. The molecule has 2 aromatic rings. The molecule has 0 saturated heterocycles. The number of urea groups is 1. The van der Waals surface area contributed by atoms with Gasteiger partial charge in [0.15, 0.2) is 0 Å². The number of hydrogen-bond donors (Lipinski definition) is 2. The number of carbonyl (C=O) groups is 3. The lowest BCUT2D eigenvalue weighted by Gasteiger charge is -2.35. The van der Waals surface area contributed by atoms with Crippen LogP contribution >= 0.6 is 0 Å². The Bertz CT molecular complexity index is 927. The van der Waals surface area contributed by atoms with Gasteiger partial charge in [-0.15, -0.1) is 0 Å². The lowest BCUT2D eigenvalue weighted by atomic mass is 10.1. The van der Waals surface area contributed by atoms with Gasteiger partial charge in [-0.1, -0.05) is 12.1 Å². The van der Waals surface area contributed by atoms with E-state index in [1.807, 2.05) is 20.8 Å². The lowest BCUT2D eigenvalue weighted by Crippen LogP contribution is -2.52. The summed E-state index contributed by atoms with van der Waals surface area (Å²) in [6.45, 7) is 5.92. The van der Waals surface area contributed by atoms with Crippen molar-refractivity contribution in [3.63, 3.8) is 0 Å². The van der Waals surface area contributed by atoms with Crippen LogP contribution in [-0.2, 0) is 9.59 Å². The minimum atomic E-state index is -0.425. The third kappa shape index (κ3) is 4.89. The Morgan fingerprint density at radius 2 is 1.73 bits per heavy atom. The van der Waals surface area contributed by atoms with Gasteiger partial charge in [0.1, 0.15) is 18.8 Å². The average Bonchev–Trinajstić information content (AvgIpc) is 2.71. The van der Waals surface area contributed by atoms with Gasteiger partial charge < -0.3 is 15.4 Å². The molecule has 8 nitrogen and oxygen atoms in total. The number of fused-ring (bicyclic) bond motifs is 1. The topological polar surface area (TPSA) is 91.0 Å². The minimum absolute atomic E-state index is 0.0240. The highest BCUT2D eigenvalue weighted by Gasteiger charge is 2.33. The van der Waals surface area contributed by atoms with Gasteiger partial charge in [0.25, 0.3) is 0 Å². The minimum Gasteiger partial charge on any atom is -0.494 e. The van der Waals surface area contributed by atoms with Gasteiger partial charge in [-0.05, 0) is 57.2 Å². The van der Waals surface area contributed by atoms with E-state index in [-0.39, 0.29) is 30.9 Å². The summed E-state index contributed by atoms with van der Waals surface area (Å²) >= 11 is 0. The summed E-state index contributed by atoms with van der Waals surface area (Å²) in [5.41, 5.74) is 1.68. The van der Waals surface area contributed by atoms with Crippen molar-refractivity contribution in [3.8, 4) is 5.75 Å². The Balaban J connectivity index is 1.78. The molecule has 2 aromatic carbocycles. The van der Waals surface area contributed by atoms with Crippen LogP contribution in [0.5, 0.6) is 5.75 Å². The maximum Gasteiger partial charge on any atom is 0.326 e. The van der Waals surface area contributed by atoms with Crippen LogP contribution in [-0.4, -0.2) is 43.6 Å². The number of ether oxygens (including phenoxy) is 1. The van der Waals surface area contributed by atoms with Crippen molar-refractivity contribution < 1.29 is 19.1 Å². The van der Waals surface area contributed by atoms with Crippen LogP contribution in [0, 0.1) is 0 Å². The number of rotatable bonds is 6. The first-order valence-corrected chi connectivity index (χ1v) is 9.89. The smallest absolute Gasteiger partial charge is 0.326 e. The van der Waals surface area contributed by atoms with Crippen LogP contribution in [0.3, 0.4) is 0 Å². The van der Waals surface area contributed by atoms with Crippen LogP contribution < -0.4 is 25.2 Å². The summed E-state index contributed by atoms with van der Waals surface area (Å²) in [7, 11) is 0. The molecule has 0 fully saturated rings. The summed E-state index contributed by atoms with van der Waals surface area (Å²) in [5, 5.41) is 5.59. The Hall–Kier alpha value is -3.55. The van der Waals surface area contributed by atoms with E-state index in [1.54, 1.807) is 48.5 Å². The van der Waals surface area contributed by atoms with Gasteiger partial charge in [0.2, 0.25) is 11.8 Å². The number of amides is 4. The highest BCUT2D eigenvalue weighted by Crippen LogP contribution is 2.33. The molecule has 30 heavy (non-hydrogen) atoms. The molecule has 0 saturated carbocycles. The zero-order valence-corrected chi connectivity index (χ0v) is 17.3. The Morgan fingerprint density at radius 3 is 2.37 bits per heavy atom. The van der Waals surface area contributed by atoms with Gasteiger partial charge in [0, 0.05) is 11.7 Å². The highest BCUT2D eigenvalue weighted by molar-refractivity contribution is 6.15. The molecule has 0 spiro atoms. The van der Waals surface area contributed by atoms with Crippen molar-refractivity contribution in [1.82, 2.24) is 5.32 Å². The Morgan fingerprint density at radius 1 is 1.07 bits per heavy atom. The number of anilines is 3. The number of para-hydroxylation sites is 2. The van der Waals surface area contributed by atoms with E-state index in [0.29, 0.717) is 29.4 Å². The number of benzene rings is 2. The van der Waals surface area contributed by atoms with Gasteiger partial charge >= 0.3 is 6.03 Å². The molecule has 8 heteroatoms. The first kappa shape index (κ1) is 21.2. The van der Waals surface area contributed by atoms with E-state index >= 15 is 0 Å². The van der Waals surface area contributed by atoms with E-state index in [9.17, 15) is 14.4 Å². The van der Waals surface area contributed by atoms with Crippen LogP contribution in [0.4, 0.5) is 21.9 Å². The normalized spacial score (nSPS) is 13.1. The Kier molecular flexibility index (Phi) is 6.56. The molecular formula is C22H26N4O4. The summed E-state index contributed by atoms with van der Waals surface area (Å²) in [6, 6.07) is 13.6. The molecule has 3 rings (SSSR count). The number of hydrogen-bond acceptors (Lipinski definition) is 4. The molecule has 0 radical (unpaired) electrons. The zero-order valence-electron chi connectivity index (χ0n) is 17.3. The predicted octanol–water partition coefficient (Wildman–Crippen LogP) is 3.00. The summed E-state index contributed by atoms with van der Waals surface area (Å²) in [4.78, 5) is 40.7. The molecule has 0 unspecified atom stereocenters. The third-order valence-electron chi connectivity index (χ3n) is 4.47. The first-order chi connectivity index (χ1) is 14.4. The van der Waals surface area contributed by atoms with Crippen molar-refractivity contribution in [3.05, 3.63) is 48.5 Å². The number of carbonyl (C=O) groups excluding carboxylic acids is 3. The quantitative estimate of drug-likeness (QED) is 0.766. The standard InChI is InChI=1S/C22H26N4O4/c1-4-30-17-11-9-16(10-12-17)24-22(29)26-14-21(28)25(13-20(27)23-15(2)3)18-7-5-6-8-19(18)26/h5-12,15H,4,13-14H2,1-3H3,(H,23,27)(H,24,29). The molecule has 0 aliphatic carbocycles. The average molecular weight is 410 g/mol. The van der Waals surface area contributed by atoms with Gasteiger partial charge in [-0.3, -0.25) is 19.4 Å². The van der Waals surface area contributed by atoms with Crippen LogP contribution in [0.2, 0.25) is 0 Å². The largest absolute Gasteiger partial charge is 0.494 e. The summed E-state index contributed by atoms with van der Waals surface area (Å²) in [5.74, 6) is 0.138. The third-order valence-corrected chi connectivity index (χ3v) is 4.47. The van der Waals surface area contributed by atoms with Crippen molar-refractivity contribution in [2.24, 2.45) is 0 Å². The Labute approximate surface area is 175 Å². The van der Waals surface area contributed by atoms with Crippen LogP contribution in [0.1, 0.15) is 20.8 Å². The fourth-order valence-corrected chi connectivity index (χ4v) is 3.22. The molecule has 2 N–H and O–H groups in total. The zero-order chi connectivity index (χ0) is 21.7.